The summed E-state index contributed by atoms with van der Waals surface area (Å²) in [6, 6.07) is 0.0142. The second-order valence-electron chi connectivity index (χ2n) is 3.69. The first kappa shape index (κ1) is 8.50. The highest BCUT2D eigenvalue weighted by Crippen LogP contribution is 2.29. The molecular formula is C8H13N3O2. The number of nitrogens with zero attached hydrogens (tertiary/aromatic N) is 2. The van der Waals surface area contributed by atoms with Crippen molar-refractivity contribution in [3.63, 3.8) is 0 Å². The highest BCUT2D eigenvalue weighted by Gasteiger charge is 2.48. The predicted octanol–water partition coefficient (Wildman–Crippen LogP) is -0.678. The minimum absolute atomic E-state index is 0.0142. The van der Waals surface area contributed by atoms with E-state index < -0.39 is 5.60 Å². The normalized spacial score (nSPS) is 34.8. The Bertz CT molecular complexity index is 277. The van der Waals surface area contributed by atoms with E-state index in [9.17, 15) is 4.79 Å². The van der Waals surface area contributed by atoms with Crippen LogP contribution >= 0.6 is 0 Å². The topological polar surface area (TPSA) is 67.9 Å². The van der Waals surface area contributed by atoms with Crippen molar-refractivity contribution in [2.45, 2.75) is 18.4 Å². The van der Waals surface area contributed by atoms with Gasteiger partial charge in [0, 0.05) is 6.54 Å². The van der Waals surface area contributed by atoms with Gasteiger partial charge in [-0.1, -0.05) is 0 Å². The van der Waals surface area contributed by atoms with E-state index in [0.717, 1.165) is 19.4 Å². The largest absolute Gasteiger partial charge is 0.447 e. The van der Waals surface area contributed by atoms with Gasteiger partial charge in [0.2, 0.25) is 5.60 Å². The van der Waals surface area contributed by atoms with E-state index in [1.54, 1.807) is 0 Å². The molecule has 0 aromatic rings. The molecule has 0 aromatic carbocycles. The number of likely N-dealkylation sites (tertiary alicyclic amines) is 1. The van der Waals surface area contributed by atoms with Crippen LogP contribution in [0.3, 0.4) is 0 Å². The molecule has 2 N–H and O–H groups in total. The zero-order valence-corrected chi connectivity index (χ0v) is 7.62. The lowest BCUT2D eigenvalue weighted by molar-refractivity contribution is -0.135. The Morgan fingerprint density at radius 2 is 2.46 bits per heavy atom. The lowest BCUT2D eigenvalue weighted by Gasteiger charge is -2.35. The van der Waals surface area contributed by atoms with Crippen LogP contribution in [0.2, 0.25) is 0 Å². The number of nitrogens with two attached hydrogens (primary N) is 1. The lowest BCUT2D eigenvalue weighted by atomic mass is 9.92. The second-order valence-corrected chi connectivity index (χ2v) is 3.69. The van der Waals surface area contributed by atoms with E-state index >= 15 is 0 Å². The first-order valence-electron chi connectivity index (χ1n) is 4.39. The summed E-state index contributed by atoms with van der Waals surface area (Å²) < 4.78 is 5.31. The molecule has 5 heteroatoms. The Morgan fingerprint density at radius 1 is 1.69 bits per heavy atom. The molecule has 0 radical (unpaired) electrons. The molecule has 1 unspecified atom stereocenters. The van der Waals surface area contributed by atoms with Crippen molar-refractivity contribution in [3.05, 3.63) is 0 Å². The number of hydrogen-bond acceptors (Lipinski definition) is 4. The summed E-state index contributed by atoms with van der Waals surface area (Å²) in [7, 11) is 1.96. The summed E-state index contributed by atoms with van der Waals surface area (Å²) in [4.78, 5) is 17.2. The number of amides is 1. The van der Waals surface area contributed by atoms with Crippen LogP contribution in [0.4, 0.5) is 0 Å². The molecule has 0 aliphatic carbocycles. The molecule has 1 amide bonds. The highest BCUT2D eigenvalue weighted by atomic mass is 16.5. The van der Waals surface area contributed by atoms with Crippen LogP contribution in [0.15, 0.2) is 4.99 Å². The van der Waals surface area contributed by atoms with Crippen molar-refractivity contribution in [3.8, 4) is 0 Å². The molecule has 13 heavy (non-hydrogen) atoms. The summed E-state index contributed by atoms with van der Waals surface area (Å²) >= 11 is 0. The molecule has 2 rings (SSSR count). The summed E-state index contributed by atoms with van der Waals surface area (Å²) in [5, 5.41) is 0. The molecule has 0 aromatic heterocycles. The predicted molar refractivity (Wildman–Crippen MR) is 47.2 cm³/mol. The monoisotopic (exact) mass is 183 g/mol. The Balaban J connectivity index is 2.18. The average molecular weight is 183 g/mol. The maximum absolute atomic E-state index is 11.5. The molecule has 72 valence electrons. The Hall–Kier alpha value is -1.10. The second kappa shape index (κ2) is 2.70. The van der Waals surface area contributed by atoms with Gasteiger partial charge in [-0.25, -0.2) is 0 Å². The van der Waals surface area contributed by atoms with Crippen LogP contribution in [0, 0.1) is 0 Å². The number of hydrogen-bond donors (Lipinski definition) is 1. The molecule has 1 fully saturated rings. The van der Waals surface area contributed by atoms with E-state index in [2.05, 4.69) is 9.89 Å². The van der Waals surface area contributed by atoms with Gasteiger partial charge >= 0.3 is 0 Å². The molecule has 2 aliphatic rings. The van der Waals surface area contributed by atoms with Gasteiger partial charge < -0.3 is 15.4 Å². The lowest BCUT2D eigenvalue weighted by Crippen LogP contribution is -2.51. The Labute approximate surface area is 76.6 Å². The maximum Gasteiger partial charge on any atom is 0.295 e. The SMILES string of the molecule is CN1CCCC2(C1)OC(N)=NC2=O. The third-order valence-electron chi connectivity index (χ3n) is 2.55. The van der Waals surface area contributed by atoms with Crippen LogP contribution < -0.4 is 5.73 Å². The van der Waals surface area contributed by atoms with Crippen LogP contribution in [0.25, 0.3) is 0 Å². The molecule has 1 spiro atoms. The van der Waals surface area contributed by atoms with E-state index in [0.29, 0.717) is 6.54 Å². The molecule has 2 aliphatic heterocycles. The van der Waals surface area contributed by atoms with E-state index in [1.165, 1.54) is 0 Å². The van der Waals surface area contributed by atoms with Crippen molar-refractivity contribution >= 4 is 11.9 Å². The zero-order chi connectivity index (χ0) is 9.47. The van der Waals surface area contributed by atoms with E-state index in [1.807, 2.05) is 7.05 Å². The number of amidine groups is 1. The van der Waals surface area contributed by atoms with Gasteiger partial charge in [0.15, 0.2) is 0 Å². The van der Waals surface area contributed by atoms with Crippen molar-refractivity contribution in [1.82, 2.24) is 4.90 Å². The molecule has 1 saturated heterocycles. The smallest absolute Gasteiger partial charge is 0.295 e. The standard InChI is InChI=1S/C8H13N3O2/c1-11-4-2-3-8(5-11)6(12)10-7(9)13-8/h2-5H2,1H3,(H2,9,10,12). The number of carbonyl (C=O) groups is 1. The van der Waals surface area contributed by atoms with E-state index in [4.69, 9.17) is 10.5 Å². The summed E-state index contributed by atoms with van der Waals surface area (Å²) in [5.41, 5.74) is 4.60. The maximum atomic E-state index is 11.5. The highest BCUT2D eigenvalue weighted by molar-refractivity contribution is 6.01. The third-order valence-corrected chi connectivity index (χ3v) is 2.55. The average Bonchev–Trinajstić information content (AvgIpc) is 2.26. The first-order valence-corrected chi connectivity index (χ1v) is 4.39. The van der Waals surface area contributed by atoms with Gasteiger partial charge in [-0.2, -0.15) is 4.99 Å². The molecule has 5 nitrogen and oxygen atoms in total. The number of rotatable bonds is 0. The Kier molecular flexibility index (Phi) is 1.76. The van der Waals surface area contributed by atoms with Gasteiger partial charge in [-0.3, -0.25) is 4.79 Å². The third kappa shape index (κ3) is 1.29. The van der Waals surface area contributed by atoms with Crippen LogP contribution in [-0.4, -0.2) is 42.6 Å². The molecule has 0 saturated carbocycles. The fraction of sp³-hybridized carbons (Fsp3) is 0.750. The Morgan fingerprint density at radius 3 is 3.00 bits per heavy atom. The van der Waals surface area contributed by atoms with Crippen LogP contribution in [0.1, 0.15) is 12.8 Å². The van der Waals surface area contributed by atoms with E-state index in [-0.39, 0.29) is 11.9 Å². The van der Waals surface area contributed by atoms with Crippen LogP contribution in [0.5, 0.6) is 0 Å². The molecule has 0 bridgehead atoms. The van der Waals surface area contributed by atoms with Crippen molar-refractivity contribution in [1.29, 1.82) is 0 Å². The van der Waals surface area contributed by atoms with Crippen molar-refractivity contribution in [2.24, 2.45) is 10.7 Å². The van der Waals surface area contributed by atoms with Crippen LogP contribution in [-0.2, 0) is 9.53 Å². The fourth-order valence-electron chi connectivity index (χ4n) is 1.96. The molecule has 2 heterocycles. The summed E-state index contributed by atoms with van der Waals surface area (Å²) in [6.07, 6.45) is 1.67. The number of carbonyl (C=O) groups excluding carboxylic acids is 1. The first-order chi connectivity index (χ1) is 6.12. The number of piperidine rings is 1. The van der Waals surface area contributed by atoms with Gasteiger partial charge in [0.1, 0.15) is 0 Å². The van der Waals surface area contributed by atoms with Gasteiger partial charge in [-0.15, -0.1) is 0 Å². The quantitative estimate of drug-likeness (QED) is 0.540. The zero-order valence-electron chi connectivity index (χ0n) is 7.62. The minimum Gasteiger partial charge on any atom is -0.447 e. The fourth-order valence-corrected chi connectivity index (χ4v) is 1.96. The van der Waals surface area contributed by atoms with Gasteiger partial charge in [-0.05, 0) is 26.4 Å². The van der Waals surface area contributed by atoms with Crippen molar-refractivity contribution in [2.75, 3.05) is 20.1 Å². The van der Waals surface area contributed by atoms with Crippen molar-refractivity contribution < 1.29 is 9.53 Å². The molecule has 1 atom stereocenters. The molecular weight excluding hydrogens is 170 g/mol. The van der Waals surface area contributed by atoms with Gasteiger partial charge in [0.05, 0.1) is 0 Å². The number of aliphatic imine (C=N–C) groups is 1. The number of likely N-dealkylation sites (N-methyl/N-ethyl adjacent to an activating group) is 1. The summed E-state index contributed by atoms with van der Waals surface area (Å²) in [5.74, 6) is -0.225. The summed E-state index contributed by atoms with van der Waals surface area (Å²) in [6.45, 7) is 1.59. The minimum atomic E-state index is -0.767. The van der Waals surface area contributed by atoms with Gasteiger partial charge in [0.25, 0.3) is 11.9 Å². The number of ether oxygens (including phenoxy) is 1.